The lowest BCUT2D eigenvalue weighted by Crippen LogP contribution is -2.19. The van der Waals surface area contributed by atoms with E-state index in [1.165, 1.54) is 0 Å². The molecule has 0 aliphatic rings. The van der Waals surface area contributed by atoms with Crippen LogP contribution in [0.2, 0.25) is 0 Å². The summed E-state index contributed by atoms with van der Waals surface area (Å²) in [6.45, 7) is 3.87. The molecule has 2 rings (SSSR count). The zero-order chi connectivity index (χ0) is 16.1. The highest BCUT2D eigenvalue weighted by atomic mass is 32.2. The molecule has 22 heavy (non-hydrogen) atoms. The normalized spacial score (nSPS) is 11.9. The van der Waals surface area contributed by atoms with Gasteiger partial charge in [0, 0.05) is 10.6 Å². The van der Waals surface area contributed by atoms with Gasteiger partial charge in [0.1, 0.15) is 0 Å². The highest BCUT2D eigenvalue weighted by Gasteiger charge is 2.28. The summed E-state index contributed by atoms with van der Waals surface area (Å²) in [5.41, 5.74) is 0. The van der Waals surface area contributed by atoms with Gasteiger partial charge in [-0.05, 0) is 0 Å². The molecule has 0 saturated carbocycles. The maximum atomic E-state index is 11.9. The second kappa shape index (κ2) is 7.05. The van der Waals surface area contributed by atoms with Crippen LogP contribution in [0.5, 0.6) is 0 Å². The van der Waals surface area contributed by atoms with E-state index in [1.807, 2.05) is 60.7 Å². The van der Waals surface area contributed by atoms with Crippen molar-refractivity contribution in [2.24, 2.45) is 4.15 Å². The predicted molar refractivity (Wildman–Crippen MR) is 92.5 cm³/mol. The van der Waals surface area contributed by atoms with E-state index in [9.17, 15) is 8.42 Å². The molecule has 0 aliphatic carbocycles. The molecule has 2 aromatic carbocycles. The van der Waals surface area contributed by atoms with Gasteiger partial charge in [-0.25, -0.2) is 8.42 Å². The summed E-state index contributed by atoms with van der Waals surface area (Å²) in [5.74, 6) is 0. The molecular weight excluding hydrogens is 317 g/mol. The second-order valence-electron chi connectivity index (χ2n) is 4.65. The fourth-order valence-electron chi connectivity index (χ4n) is 2.05. The molecule has 0 saturated heterocycles. The van der Waals surface area contributed by atoms with Crippen molar-refractivity contribution in [2.75, 3.05) is 12.9 Å². The zero-order valence-corrected chi connectivity index (χ0v) is 14.0. The van der Waals surface area contributed by atoms with Crippen LogP contribution >= 0.6 is 7.28 Å². The van der Waals surface area contributed by atoms with Crippen LogP contribution in [-0.2, 0) is 14.5 Å². The van der Waals surface area contributed by atoms with Gasteiger partial charge in [0.25, 0.3) is 10.0 Å². The van der Waals surface area contributed by atoms with Gasteiger partial charge in [0.2, 0.25) is 0 Å². The fourth-order valence-corrected chi connectivity index (χ4v) is 6.73. The first-order chi connectivity index (χ1) is 10.5. The van der Waals surface area contributed by atoms with E-state index >= 15 is 0 Å². The Morgan fingerprint density at radius 2 is 1.50 bits per heavy atom. The van der Waals surface area contributed by atoms with Crippen LogP contribution in [-0.4, -0.2) is 21.3 Å². The first kappa shape index (κ1) is 16.7. The Kier molecular flexibility index (Phi) is 5.35. The topological polar surface area (TPSA) is 55.7 Å². The monoisotopic (exact) mass is 335 g/mol. The number of hydrogen-bond acceptors (Lipinski definition) is 3. The van der Waals surface area contributed by atoms with Crippen molar-refractivity contribution in [2.45, 2.75) is 0 Å². The molecule has 0 unspecified atom stereocenters. The number of sulfonamides is 1. The van der Waals surface area contributed by atoms with E-state index in [4.69, 9.17) is 4.52 Å². The molecule has 4 nitrogen and oxygen atoms in total. The minimum Gasteiger partial charge on any atom is -0.332 e. The van der Waals surface area contributed by atoms with E-state index in [2.05, 4.69) is 10.7 Å². The van der Waals surface area contributed by atoms with Crippen LogP contribution < -0.4 is 10.6 Å². The molecule has 0 aliphatic heterocycles. The Morgan fingerprint density at radius 3 is 1.86 bits per heavy atom. The molecule has 0 heterocycles. The van der Waals surface area contributed by atoms with Crippen molar-refractivity contribution in [3.63, 3.8) is 0 Å². The van der Waals surface area contributed by atoms with Crippen molar-refractivity contribution >= 4 is 27.9 Å². The van der Waals surface area contributed by atoms with Crippen LogP contribution in [0.1, 0.15) is 0 Å². The van der Waals surface area contributed by atoms with Gasteiger partial charge in [-0.15, -0.1) is 10.7 Å². The highest BCUT2D eigenvalue weighted by molar-refractivity contribution is 7.95. The highest BCUT2D eigenvalue weighted by Crippen LogP contribution is 2.49. The van der Waals surface area contributed by atoms with Crippen LogP contribution in [0.15, 0.2) is 77.5 Å². The average molecular weight is 335 g/mol. The second-order valence-corrected chi connectivity index (χ2v) is 9.21. The van der Waals surface area contributed by atoms with Gasteiger partial charge < -0.3 is 4.52 Å². The summed E-state index contributed by atoms with van der Waals surface area (Å²) in [5, 5.41) is 1.52. The molecule has 0 bridgehead atoms. The quantitative estimate of drug-likeness (QED) is 0.602. The molecule has 0 N–H and O–H groups in total. The summed E-state index contributed by atoms with van der Waals surface area (Å²) in [4.78, 5) is 0. The van der Waals surface area contributed by atoms with E-state index in [1.54, 1.807) is 6.08 Å². The van der Waals surface area contributed by atoms with E-state index < -0.39 is 17.3 Å². The van der Waals surface area contributed by atoms with Crippen LogP contribution in [0.25, 0.3) is 0 Å². The number of nitrogens with zero attached hydrogens (tertiary/aromatic N) is 1. The minimum absolute atomic E-state index is 0.219. The van der Waals surface area contributed by atoms with Crippen molar-refractivity contribution in [1.29, 1.82) is 0 Å². The molecule has 0 radical (unpaired) electrons. The third-order valence-corrected chi connectivity index (χ3v) is 7.48. The molecular formula is C16H18NO3PS. The fraction of sp³-hybridized carbons (Fsp3) is 0.125. The van der Waals surface area contributed by atoms with E-state index in [0.29, 0.717) is 0 Å². The zero-order valence-electron chi connectivity index (χ0n) is 12.3. The maximum absolute atomic E-state index is 11.9. The molecule has 0 spiro atoms. The minimum atomic E-state index is -3.59. The Balaban J connectivity index is 2.81. The Hall–Kier alpha value is -1.68. The van der Waals surface area contributed by atoms with Crippen LogP contribution in [0, 0.1) is 0 Å². The summed E-state index contributed by atoms with van der Waals surface area (Å²) in [6, 6.07) is 18.5. The molecule has 116 valence electrons. The molecule has 0 amide bonds. The summed E-state index contributed by atoms with van der Waals surface area (Å²) in [6.07, 6.45) is 2.68. The number of rotatable bonds is 6. The maximum Gasteiger partial charge on any atom is 0.251 e. The largest absolute Gasteiger partial charge is 0.332 e. The third kappa shape index (κ3) is 3.95. The average Bonchev–Trinajstić information content (AvgIpc) is 2.52. The third-order valence-electron chi connectivity index (χ3n) is 2.85. The lowest BCUT2D eigenvalue weighted by Gasteiger charge is -2.24. The van der Waals surface area contributed by atoms with Crippen molar-refractivity contribution in [3.8, 4) is 0 Å². The Morgan fingerprint density at radius 1 is 1.05 bits per heavy atom. The van der Waals surface area contributed by atoms with Gasteiger partial charge >= 0.3 is 0 Å². The lowest BCUT2D eigenvalue weighted by atomic mass is 10.4. The SMILES string of the molecule is C=CCOP(=NS(C)(=O)=O)(c1ccccc1)c1ccccc1. The van der Waals surface area contributed by atoms with Gasteiger partial charge in [-0.3, -0.25) is 0 Å². The molecule has 0 aromatic heterocycles. The van der Waals surface area contributed by atoms with Crippen LogP contribution in [0.4, 0.5) is 0 Å². The van der Waals surface area contributed by atoms with E-state index in [-0.39, 0.29) is 6.61 Å². The Bertz CT molecular complexity index is 743. The van der Waals surface area contributed by atoms with Crippen molar-refractivity contribution in [3.05, 3.63) is 73.3 Å². The van der Waals surface area contributed by atoms with Crippen LogP contribution in [0.3, 0.4) is 0 Å². The van der Waals surface area contributed by atoms with Gasteiger partial charge in [0.15, 0.2) is 7.28 Å². The predicted octanol–water partition coefficient (Wildman–Crippen LogP) is 2.92. The summed E-state index contributed by atoms with van der Waals surface area (Å²) >= 11 is 0. The lowest BCUT2D eigenvalue weighted by molar-refractivity contribution is 0.408. The standard InChI is InChI=1S/C16H18NO3PS/c1-3-14-20-21(17-22(2,18)19,15-10-6-4-7-11-15)16-12-8-5-9-13-16/h3-13H,1,14H2,2H3. The summed E-state index contributed by atoms with van der Waals surface area (Å²) < 4.78 is 33.9. The number of hydrogen-bond donors (Lipinski definition) is 0. The first-order valence-electron chi connectivity index (χ1n) is 6.68. The Labute approximate surface area is 131 Å². The first-order valence-corrected chi connectivity index (χ1v) is 10.2. The van der Waals surface area contributed by atoms with Crippen molar-refractivity contribution in [1.82, 2.24) is 0 Å². The van der Waals surface area contributed by atoms with Gasteiger partial charge in [-0.1, -0.05) is 66.7 Å². The molecule has 0 atom stereocenters. The molecule has 6 heteroatoms. The van der Waals surface area contributed by atoms with Gasteiger partial charge in [-0.2, -0.15) is 0 Å². The van der Waals surface area contributed by atoms with E-state index in [0.717, 1.165) is 16.9 Å². The molecule has 0 fully saturated rings. The molecule has 2 aromatic rings. The summed E-state index contributed by atoms with van der Waals surface area (Å²) in [7, 11) is -6.47. The smallest absolute Gasteiger partial charge is 0.251 e. The van der Waals surface area contributed by atoms with Crippen molar-refractivity contribution < 1.29 is 12.9 Å². The van der Waals surface area contributed by atoms with Gasteiger partial charge in [0.05, 0.1) is 12.9 Å². The number of benzene rings is 2.